The molecule has 19 heavy (non-hydrogen) atoms. The minimum absolute atomic E-state index is 0.223. The monoisotopic (exact) mass is 253 g/mol. The van der Waals surface area contributed by atoms with Gasteiger partial charge in [-0.25, -0.2) is 5.43 Å². The number of aromatic nitrogens is 1. The SMILES string of the molecule is CC(=NNC(=O)c1cccc(C)c1)c1ccccn1. The van der Waals surface area contributed by atoms with Crippen LogP contribution >= 0.6 is 0 Å². The Kier molecular flexibility index (Phi) is 4.03. The summed E-state index contributed by atoms with van der Waals surface area (Å²) in [5.41, 5.74) is 5.58. The molecule has 1 amide bonds. The van der Waals surface area contributed by atoms with E-state index < -0.39 is 0 Å². The van der Waals surface area contributed by atoms with Crippen LogP contribution in [0.5, 0.6) is 0 Å². The summed E-state index contributed by atoms with van der Waals surface area (Å²) in [6.45, 7) is 3.75. The zero-order valence-corrected chi connectivity index (χ0v) is 10.9. The fourth-order valence-corrected chi connectivity index (χ4v) is 1.62. The van der Waals surface area contributed by atoms with E-state index in [1.165, 1.54) is 0 Å². The predicted molar refractivity (Wildman–Crippen MR) is 75.1 cm³/mol. The number of hydrogen-bond donors (Lipinski definition) is 1. The van der Waals surface area contributed by atoms with Crippen LogP contribution in [0.4, 0.5) is 0 Å². The van der Waals surface area contributed by atoms with Crippen LogP contribution in [-0.4, -0.2) is 16.6 Å². The zero-order valence-electron chi connectivity index (χ0n) is 10.9. The van der Waals surface area contributed by atoms with E-state index in [4.69, 9.17) is 0 Å². The first kappa shape index (κ1) is 13.0. The highest BCUT2D eigenvalue weighted by atomic mass is 16.2. The number of benzene rings is 1. The number of carbonyl (C=O) groups is 1. The van der Waals surface area contributed by atoms with Gasteiger partial charge >= 0.3 is 0 Å². The molecule has 96 valence electrons. The standard InChI is InChI=1S/C15H15N3O/c1-11-6-5-7-13(10-11)15(19)18-17-12(2)14-8-3-4-9-16-14/h3-10H,1-2H3,(H,18,19). The van der Waals surface area contributed by atoms with Crippen LogP contribution in [0.1, 0.15) is 28.5 Å². The molecular formula is C15H15N3O. The van der Waals surface area contributed by atoms with Gasteiger partial charge in [0.1, 0.15) is 0 Å². The second-order valence-corrected chi connectivity index (χ2v) is 4.22. The lowest BCUT2D eigenvalue weighted by Gasteiger charge is -2.03. The average molecular weight is 253 g/mol. The van der Waals surface area contributed by atoms with Crippen molar-refractivity contribution in [3.8, 4) is 0 Å². The summed E-state index contributed by atoms with van der Waals surface area (Å²) < 4.78 is 0. The summed E-state index contributed by atoms with van der Waals surface area (Å²) in [6, 6.07) is 12.9. The molecule has 0 saturated heterocycles. The number of amides is 1. The lowest BCUT2D eigenvalue weighted by Crippen LogP contribution is -2.19. The maximum Gasteiger partial charge on any atom is 0.271 e. The van der Waals surface area contributed by atoms with Crippen molar-refractivity contribution >= 4 is 11.6 Å². The van der Waals surface area contributed by atoms with Crippen molar-refractivity contribution in [2.45, 2.75) is 13.8 Å². The van der Waals surface area contributed by atoms with Crippen LogP contribution in [0.3, 0.4) is 0 Å². The highest BCUT2D eigenvalue weighted by Gasteiger charge is 2.04. The van der Waals surface area contributed by atoms with E-state index in [2.05, 4.69) is 15.5 Å². The van der Waals surface area contributed by atoms with Gasteiger partial charge in [0.2, 0.25) is 0 Å². The van der Waals surface area contributed by atoms with E-state index in [9.17, 15) is 4.79 Å². The Morgan fingerprint density at radius 3 is 2.74 bits per heavy atom. The Bertz CT molecular complexity index is 606. The molecule has 0 bridgehead atoms. The highest BCUT2D eigenvalue weighted by Crippen LogP contribution is 2.03. The molecule has 1 aromatic carbocycles. The smallest absolute Gasteiger partial charge is 0.267 e. The summed E-state index contributed by atoms with van der Waals surface area (Å²) in [5, 5.41) is 4.05. The molecule has 2 rings (SSSR count). The number of carbonyl (C=O) groups excluding carboxylic acids is 1. The van der Waals surface area contributed by atoms with Crippen molar-refractivity contribution in [3.63, 3.8) is 0 Å². The van der Waals surface area contributed by atoms with Crippen molar-refractivity contribution in [1.29, 1.82) is 0 Å². The fraction of sp³-hybridized carbons (Fsp3) is 0.133. The quantitative estimate of drug-likeness (QED) is 0.675. The van der Waals surface area contributed by atoms with Crippen LogP contribution in [0, 0.1) is 6.92 Å². The molecule has 0 radical (unpaired) electrons. The Morgan fingerprint density at radius 2 is 2.05 bits per heavy atom. The summed E-state index contributed by atoms with van der Waals surface area (Å²) in [4.78, 5) is 16.1. The molecule has 0 atom stereocenters. The third-order valence-electron chi connectivity index (χ3n) is 2.64. The molecule has 4 heteroatoms. The molecule has 0 spiro atoms. The van der Waals surface area contributed by atoms with E-state index in [0.717, 1.165) is 11.3 Å². The van der Waals surface area contributed by atoms with Gasteiger partial charge in [-0.2, -0.15) is 5.10 Å². The first-order chi connectivity index (χ1) is 9.16. The molecule has 0 aliphatic heterocycles. The number of nitrogens with one attached hydrogen (secondary N) is 1. The van der Waals surface area contributed by atoms with Crippen LogP contribution < -0.4 is 5.43 Å². The van der Waals surface area contributed by atoms with Crippen molar-refractivity contribution < 1.29 is 4.79 Å². The number of pyridine rings is 1. The van der Waals surface area contributed by atoms with Gasteiger partial charge in [0.05, 0.1) is 11.4 Å². The van der Waals surface area contributed by atoms with Crippen LogP contribution in [0.2, 0.25) is 0 Å². The Balaban J connectivity index is 2.08. The first-order valence-corrected chi connectivity index (χ1v) is 5.99. The van der Waals surface area contributed by atoms with Crippen molar-refractivity contribution in [2.24, 2.45) is 5.10 Å². The molecule has 2 aromatic rings. The summed E-state index contributed by atoms with van der Waals surface area (Å²) in [5.74, 6) is -0.223. The normalized spacial score (nSPS) is 11.2. The number of nitrogens with zero attached hydrogens (tertiary/aromatic N) is 2. The van der Waals surface area contributed by atoms with E-state index in [1.807, 2.05) is 43.3 Å². The van der Waals surface area contributed by atoms with Crippen LogP contribution in [-0.2, 0) is 0 Å². The van der Waals surface area contributed by atoms with E-state index in [1.54, 1.807) is 19.2 Å². The maximum atomic E-state index is 11.9. The number of hydrazone groups is 1. The summed E-state index contributed by atoms with van der Waals surface area (Å²) in [6.07, 6.45) is 1.69. The van der Waals surface area contributed by atoms with Crippen LogP contribution in [0.15, 0.2) is 53.8 Å². The summed E-state index contributed by atoms with van der Waals surface area (Å²) >= 11 is 0. The molecule has 0 aliphatic carbocycles. The fourth-order valence-electron chi connectivity index (χ4n) is 1.62. The Morgan fingerprint density at radius 1 is 1.21 bits per heavy atom. The maximum absolute atomic E-state index is 11.9. The average Bonchev–Trinajstić information content (AvgIpc) is 2.45. The van der Waals surface area contributed by atoms with Gasteiger partial charge in [0, 0.05) is 11.8 Å². The predicted octanol–water partition coefficient (Wildman–Crippen LogP) is 2.54. The molecule has 4 nitrogen and oxygen atoms in total. The van der Waals surface area contributed by atoms with Gasteiger partial charge < -0.3 is 0 Å². The molecular weight excluding hydrogens is 238 g/mol. The Hall–Kier alpha value is -2.49. The van der Waals surface area contributed by atoms with Crippen LogP contribution in [0.25, 0.3) is 0 Å². The van der Waals surface area contributed by atoms with Gasteiger partial charge in [-0.15, -0.1) is 0 Å². The molecule has 1 aromatic heterocycles. The Labute approximate surface area is 112 Å². The number of aryl methyl sites for hydroxylation is 1. The number of hydrogen-bond acceptors (Lipinski definition) is 3. The zero-order chi connectivity index (χ0) is 13.7. The van der Waals surface area contributed by atoms with Crippen molar-refractivity contribution in [2.75, 3.05) is 0 Å². The van der Waals surface area contributed by atoms with E-state index >= 15 is 0 Å². The molecule has 0 aliphatic rings. The lowest BCUT2D eigenvalue weighted by molar-refractivity contribution is 0.0954. The van der Waals surface area contributed by atoms with Crippen molar-refractivity contribution in [1.82, 2.24) is 10.4 Å². The highest BCUT2D eigenvalue weighted by molar-refractivity contribution is 5.99. The second-order valence-electron chi connectivity index (χ2n) is 4.22. The number of rotatable bonds is 3. The van der Waals surface area contributed by atoms with Gasteiger partial charge in [-0.3, -0.25) is 9.78 Å². The minimum atomic E-state index is -0.223. The largest absolute Gasteiger partial charge is 0.271 e. The van der Waals surface area contributed by atoms with Gasteiger partial charge in [0.25, 0.3) is 5.91 Å². The molecule has 1 N–H and O–H groups in total. The molecule has 0 saturated carbocycles. The van der Waals surface area contributed by atoms with Gasteiger partial charge in [-0.1, -0.05) is 23.8 Å². The molecule has 0 fully saturated rings. The third-order valence-corrected chi connectivity index (χ3v) is 2.64. The van der Waals surface area contributed by atoms with Gasteiger partial charge in [0.15, 0.2) is 0 Å². The molecule has 0 unspecified atom stereocenters. The van der Waals surface area contributed by atoms with Crippen molar-refractivity contribution in [3.05, 3.63) is 65.5 Å². The van der Waals surface area contributed by atoms with Gasteiger partial charge in [-0.05, 0) is 38.1 Å². The summed E-state index contributed by atoms with van der Waals surface area (Å²) in [7, 11) is 0. The third kappa shape index (κ3) is 3.48. The van der Waals surface area contributed by atoms with E-state index in [0.29, 0.717) is 11.3 Å². The second kappa shape index (κ2) is 5.91. The molecule has 1 heterocycles. The first-order valence-electron chi connectivity index (χ1n) is 5.99. The lowest BCUT2D eigenvalue weighted by atomic mass is 10.1. The topological polar surface area (TPSA) is 54.4 Å². The minimum Gasteiger partial charge on any atom is -0.267 e. The van der Waals surface area contributed by atoms with E-state index in [-0.39, 0.29) is 5.91 Å².